The van der Waals surface area contributed by atoms with Crippen LogP contribution in [-0.2, 0) is 30.3 Å². The average molecular weight is 660 g/mol. The molecule has 3 aliphatic heterocycles. The molecule has 2 atom stereocenters. The SMILES string of the molecule is O=C(Cc1cccs1)NC1C(=O)N2C(C(=O)OC(c3ccccc3)c3ccccc3)=C(c3nnc(N4CCOCC4)s3)CS[C@@H]12. The van der Waals surface area contributed by atoms with E-state index in [2.05, 4.69) is 20.4 Å². The van der Waals surface area contributed by atoms with E-state index < -0.39 is 23.5 Å². The molecule has 5 heterocycles. The predicted octanol–water partition coefficient (Wildman–Crippen LogP) is 4.12. The standard InChI is InChI=1S/C32H29N5O5S3/c38-24(18-22-12-7-17-43-22)33-25-29(39)37-26(31(40)42-27(20-8-3-1-4-9-20)21-10-5-2-6-11-21)23(19-44-30(25)37)28-34-35-32(45-28)36-13-15-41-16-14-36/h1-12,17,25,27,30H,13-16,18-19H2,(H,33,38)/t25?,30-/m0/s1. The van der Waals surface area contributed by atoms with E-state index in [1.165, 1.54) is 39.3 Å². The summed E-state index contributed by atoms with van der Waals surface area (Å²) in [5.41, 5.74) is 2.35. The number of hydrogen-bond acceptors (Lipinski definition) is 11. The van der Waals surface area contributed by atoms with E-state index in [0.29, 0.717) is 42.6 Å². The Hall–Kier alpha value is -4.04. The molecule has 13 heteroatoms. The fraction of sp³-hybridized carbons (Fsp3) is 0.281. The van der Waals surface area contributed by atoms with Crippen LogP contribution >= 0.6 is 34.4 Å². The van der Waals surface area contributed by atoms with Crippen molar-refractivity contribution in [2.45, 2.75) is 23.9 Å². The molecule has 0 aliphatic carbocycles. The van der Waals surface area contributed by atoms with Crippen LogP contribution in [0.25, 0.3) is 5.57 Å². The largest absolute Gasteiger partial charge is 0.448 e. The number of esters is 1. The average Bonchev–Trinajstić information content (AvgIpc) is 3.79. The van der Waals surface area contributed by atoms with Gasteiger partial charge in [0.2, 0.25) is 11.0 Å². The van der Waals surface area contributed by atoms with Crippen LogP contribution in [-0.4, -0.2) is 76.4 Å². The Bertz CT molecular complexity index is 1670. The van der Waals surface area contributed by atoms with E-state index in [4.69, 9.17) is 9.47 Å². The van der Waals surface area contributed by atoms with Gasteiger partial charge in [0.15, 0.2) is 6.10 Å². The van der Waals surface area contributed by atoms with E-state index in [0.717, 1.165) is 21.1 Å². The highest BCUT2D eigenvalue weighted by molar-refractivity contribution is 8.00. The minimum Gasteiger partial charge on any atom is -0.448 e. The Morgan fingerprint density at radius 2 is 1.69 bits per heavy atom. The highest BCUT2D eigenvalue weighted by Crippen LogP contribution is 2.45. The number of ether oxygens (including phenoxy) is 2. The topological polar surface area (TPSA) is 114 Å². The molecule has 0 radical (unpaired) electrons. The van der Waals surface area contributed by atoms with Crippen LogP contribution in [0.3, 0.4) is 0 Å². The van der Waals surface area contributed by atoms with Gasteiger partial charge in [-0.25, -0.2) is 4.79 Å². The number of rotatable bonds is 9. The second kappa shape index (κ2) is 13.1. The molecule has 2 saturated heterocycles. The number of β-lactam (4-membered cyclic amide) rings is 1. The summed E-state index contributed by atoms with van der Waals surface area (Å²) >= 11 is 4.36. The predicted molar refractivity (Wildman–Crippen MR) is 174 cm³/mol. The third-order valence-electron chi connectivity index (χ3n) is 7.78. The summed E-state index contributed by atoms with van der Waals surface area (Å²) in [5, 5.41) is 14.5. The van der Waals surface area contributed by atoms with Gasteiger partial charge in [0, 0.05) is 29.3 Å². The van der Waals surface area contributed by atoms with Crippen molar-refractivity contribution in [2.75, 3.05) is 37.0 Å². The van der Waals surface area contributed by atoms with E-state index in [1.807, 2.05) is 78.2 Å². The molecule has 2 aromatic heterocycles. The summed E-state index contributed by atoms with van der Waals surface area (Å²) in [6, 6.07) is 22.1. The molecule has 1 N–H and O–H groups in total. The van der Waals surface area contributed by atoms with Gasteiger partial charge in [-0.1, -0.05) is 78.1 Å². The number of aromatic nitrogens is 2. The van der Waals surface area contributed by atoms with E-state index >= 15 is 0 Å². The molecule has 2 fully saturated rings. The molecule has 2 amide bonds. The summed E-state index contributed by atoms with van der Waals surface area (Å²) in [5.74, 6) is -0.824. The van der Waals surface area contributed by atoms with Crippen molar-refractivity contribution in [1.82, 2.24) is 20.4 Å². The summed E-state index contributed by atoms with van der Waals surface area (Å²) in [6.07, 6.45) is -0.502. The van der Waals surface area contributed by atoms with Gasteiger partial charge in [0.1, 0.15) is 22.1 Å². The number of carbonyl (C=O) groups is 3. The van der Waals surface area contributed by atoms with Crippen molar-refractivity contribution >= 4 is 62.9 Å². The van der Waals surface area contributed by atoms with Crippen molar-refractivity contribution in [1.29, 1.82) is 0 Å². The third kappa shape index (κ3) is 6.12. The van der Waals surface area contributed by atoms with Crippen LogP contribution in [0.4, 0.5) is 5.13 Å². The van der Waals surface area contributed by atoms with Crippen molar-refractivity contribution < 1.29 is 23.9 Å². The number of anilines is 1. The van der Waals surface area contributed by atoms with Crippen LogP contribution in [0.5, 0.6) is 0 Å². The molecule has 2 aromatic carbocycles. The summed E-state index contributed by atoms with van der Waals surface area (Å²) in [4.78, 5) is 45.3. The van der Waals surface area contributed by atoms with Gasteiger partial charge in [-0.3, -0.25) is 14.5 Å². The molecule has 7 rings (SSSR count). The maximum absolute atomic E-state index is 14.3. The second-order valence-corrected chi connectivity index (χ2v) is 13.7. The number of hydrogen-bond donors (Lipinski definition) is 1. The highest BCUT2D eigenvalue weighted by Gasteiger charge is 2.55. The number of nitrogens with zero attached hydrogens (tertiary/aromatic N) is 4. The smallest absolute Gasteiger partial charge is 0.356 e. The summed E-state index contributed by atoms with van der Waals surface area (Å²) < 4.78 is 11.7. The number of carbonyl (C=O) groups excluding carboxylic acids is 3. The molecular formula is C32H29N5O5S3. The fourth-order valence-corrected chi connectivity index (χ4v) is 8.62. The molecular weight excluding hydrogens is 631 g/mol. The lowest BCUT2D eigenvalue weighted by Gasteiger charge is -2.49. The third-order valence-corrected chi connectivity index (χ3v) is 11.0. The van der Waals surface area contributed by atoms with Gasteiger partial charge in [-0.2, -0.15) is 0 Å². The van der Waals surface area contributed by atoms with Gasteiger partial charge < -0.3 is 19.7 Å². The fourth-order valence-electron chi connectivity index (χ4n) is 5.54. The normalized spacial score (nSPS) is 19.7. The van der Waals surface area contributed by atoms with Crippen LogP contribution in [0.15, 0.2) is 83.9 Å². The number of thiophene rings is 1. The van der Waals surface area contributed by atoms with Gasteiger partial charge in [-0.05, 0) is 22.6 Å². The quantitative estimate of drug-likeness (QED) is 0.209. The maximum atomic E-state index is 14.3. The Labute approximate surface area is 272 Å². The second-order valence-electron chi connectivity index (χ2n) is 10.6. The molecule has 4 aromatic rings. The Balaban J connectivity index is 1.21. The lowest BCUT2D eigenvalue weighted by Crippen LogP contribution is -2.70. The maximum Gasteiger partial charge on any atom is 0.356 e. The first-order chi connectivity index (χ1) is 22.1. The lowest BCUT2D eigenvalue weighted by molar-refractivity contribution is -0.154. The van der Waals surface area contributed by atoms with Gasteiger partial charge in [0.05, 0.1) is 19.6 Å². The van der Waals surface area contributed by atoms with Gasteiger partial charge in [-0.15, -0.1) is 33.3 Å². The van der Waals surface area contributed by atoms with Crippen molar-refractivity contribution in [3.63, 3.8) is 0 Å². The van der Waals surface area contributed by atoms with Gasteiger partial charge in [0.25, 0.3) is 5.91 Å². The number of benzene rings is 2. The first-order valence-corrected chi connectivity index (χ1v) is 17.3. The zero-order valence-electron chi connectivity index (χ0n) is 24.0. The molecule has 10 nitrogen and oxygen atoms in total. The molecule has 0 bridgehead atoms. The molecule has 3 aliphatic rings. The van der Waals surface area contributed by atoms with E-state index in [-0.39, 0.29) is 23.9 Å². The van der Waals surface area contributed by atoms with E-state index in [9.17, 15) is 14.4 Å². The Morgan fingerprint density at radius 1 is 0.978 bits per heavy atom. The number of nitrogens with one attached hydrogen (secondary N) is 1. The number of thioether (sulfide) groups is 1. The number of morpholine rings is 1. The first-order valence-electron chi connectivity index (χ1n) is 14.5. The minimum atomic E-state index is -0.746. The zero-order chi connectivity index (χ0) is 30.8. The van der Waals surface area contributed by atoms with Crippen LogP contribution in [0, 0.1) is 0 Å². The molecule has 0 saturated carbocycles. The van der Waals surface area contributed by atoms with Crippen molar-refractivity contribution in [2.24, 2.45) is 0 Å². The Kier molecular flexibility index (Phi) is 8.66. The molecule has 45 heavy (non-hydrogen) atoms. The first kappa shape index (κ1) is 29.7. The zero-order valence-corrected chi connectivity index (χ0v) is 26.5. The summed E-state index contributed by atoms with van der Waals surface area (Å²) in [7, 11) is 0. The number of fused-ring (bicyclic) bond motifs is 1. The molecule has 1 unspecified atom stereocenters. The number of amides is 2. The molecule has 230 valence electrons. The monoisotopic (exact) mass is 659 g/mol. The van der Waals surface area contributed by atoms with Crippen LogP contribution < -0.4 is 10.2 Å². The summed E-state index contributed by atoms with van der Waals surface area (Å²) in [6.45, 7) is 2.61. The molecule has 0 spiro atoms. The lowest BCUT2D eigenvalue weighted by atomic mass is 10.0. The highest BCUT2D eigenvalue weighted by atomic mass is 32.2. The van der Waals surface area contributed by atoms with E-state index in [1.54, 1.807) is 0 Å². The van der Waals surface area contributed by atoms with Crippen LogP contribution in [0.1, 0.15) is 27.1 Å². The minimum absolute atomic E-state index is 0.147. The van der Waals surface area contributed by atoms with Crippen molar-refractivity contribution in [3.8, 4) is 0 Å². The van der Waals surface area contributed by atoms with Crippen LogP contribution in [0.2, 0.25) is 0 Å². The van der Waals surface area contributed by atoms with Gasteiger partial charge >= 0.3 is 5.97 Å². The van der Waals surface area contributed by atoms with Crippen molar-refractivity contribution in [3.05, 3.63) is 105 Å². The Morgan fingerprint density at radius 3 is 2.36 bits per heavy atom.